The molecular weight excluding hydrogens is 306 g/mol. The number of hydrogen-bond acceptors (Lipinski definition) is 7. The van der Waals surface area contributed by atoms with Crippen LogP contribution in [0.2, 0.25) is 0 Å². The molecule has 0 radical (unpaired) electrons. The molecule has 0 fully saturated rings. The topological polar surface area (TPSA) is 121 Å². The maximum atomic E-state index is 10.9. The van der Waals surface area contributed by atoms with Crippen molar-refractivity contribution in [1.82, 2.24) is 5.43 Å². The first-order chi connectivity index (χ1) is 8.30. The van der Waals surface area contributed by atoms with Crippen molar-refractivity contribution >= 4 is 21.8 Å². The predicted octanol–water partition coefficient (Wildman–Crippen LogP) is -6.96. The number of carboxylic acid groups (broad SMARTS) is 1. The number of para-hydroxylation sites is 1. The molecule has 1 aromatic rings. The van der Waals surface area contributed by atoms with E-state index in [1.165, 1.54) is 12.1 Å². The summed E-state index contributed by atoms with van der Waals surface area (Å²) in [5, 5.41) is 10.3. The number of nitrogens with one attached hydrogen (secondary N) is 2. The van der Waals surface area contributed by atoms with E-state index >= 15 is 0 Å². The van der Waals surface area contributed by atoms with E-state index in [-0.39, 0.29) is 71.2 Å². The standard InChI is InChI=1S/C10H14N2O5S.2Na/c1-7(6-10(13)14)11-12-8-4-2-3-5-9(8)18(15,16)17;;/h2-5,7,11-12H,6H2,1H3,(H,13,14)(H,15,16,17);;/q;2*+1/p-2. The van der Waals surface area contributed by atoms with Gasteiger partial charge in [-0.3, -0.25) is 0 Å². The molecular formula is C10H12N2Na2O5S. The maximum Gasteiger partial charge on any atom is 1.00 e. The van der Waals surface area contributed by atoms with Crippen molar-refractivity contribution in [3.8, 4) is 0 Å². The summed E-state index contributed by atoms with van der Waals surface area (Å²) >= 11 is 0. The first-order valence-electron chi connectivity index (χ1n) is 5.07. The van der Waals surface area contributed by atoms with Crippen LogP contribution in [0.15, 0.2) is 29.2 Å². The van der Waals surface area contributed by atoms with Crippen molar-refractivity contribution in [1.29, 1.82) is 0 Å². The molecule has 0 aliphatic heterocycles. The van der Waals surface area contributed by atoms with Gasteiger partial charge in [0.05, 0.1) is 10.6 Å². The van der Waals surface area contributed by atoms with E-state index in [1.54, 1.807) is 13.0 Å². The SMILES string of the molecule is CC(CC(=O)[O-])NNc1ccccc1S(=O)(=O)[O-].[Na+].[Na+]. The molecule has 0 aliphatic rings. The van der Waals surface area contributed by atoms with Gasteiger partial charge in [0.25, 0.3) is 0 Å². The molecule has 0 aromatic heterocycles. The molecule has 0 heterocycles. The van der Waals surface area contributed by atoms with Gasteiger partial charge in [-0.2, -0.15) is 0 Å². The van der Waals surface area contributed by atoms with Crippen molar-refractivity contribution in [2.24, 2.45) is 0 Å². The van der Waals surface area contributed by atoms with Crippen LogP contribution in [0, 0.1) is 0 Å². The van der Waals surface area contributed by atoms with Crippen LogP contribution in [0.4, 0.5) is 5.69 Å². The predicted molar refractivity (Wildman–Crippen MR) is 60.2 cm³/mol. The second-order valence-electron chi connectivity index (χ2n) is 3.70. The van der Waals surface area contributed by atoms with E-state index in [0.29, 0.717) is 0 Å². The fraction of sp³-hybridized carbons (Fsp3) is 0.300. The van der Waals surface area contributed by atoms with Gasteiger partial charge < -0.3 is 19.9 Å². The second kappa shape index (κ2) is 10.1. The zero-order chi connectivity index (χ0) is 13.8. The Morgan fingerprint density at radius 3 is 2.35 bits per heavy atom. The Bertz CT molecular complexity index is 538. The third kappa shape index (κ3) is 7.96. The monoisotopic (exact) mass is 318 g/mol. The summed E-state index contributed by atoms with van der Waals surface area (Å²) in [7, 11) is -4.59. The number of hydrazine groups is 1. The molecule has 1 unspecified atom stereocenters. The number of hydrogen-bond donors (Lipinski definition) is 2. The van der Waals surface area contributed by atoms with Crippen LogP contribution in [-0.4, -0.2) is 25.0 Å². The first kappa shape index (κ1) is 22.6. The number of anilines is 1. The third-order valence-corrected chi connectivity index (χ3v) is 2.98. The van der Waals surface area contributed by atoms with Gasteiger partial charge in [-0.05, 0) is 19.1 Å². The Balaban J connectivity index is 0. The molecule has 0 bridgehead atoms. The Morgan fingerprint density at radius 2 is 1.85 bits per heavy atom. The summed E-state index contributed by atoms with van der Waals surface area (Å²) in [6.07, 6.45) is -0.251. The normalized spacial score (nSPS) is 11.7. The van der Waals surface area contributed by atoms with Gasteiger partial charge in [-0.1, -0.05) is 12.1 Å². The van der Waals surface area contributed by atoms with Crippen molar-refractivity contribution in [3.63, 3.8) is 0 Å². The van der Waals surface area contributed by atoms with Crippen molar-refractivity contribution in [2.45, 2.75) is 24.3 Å². The zero-order valence-electron chi connectivity index (χ0n) is 11.5. The van der Waals surface area contributed by atoms with Gasteiger partial charge in [0.1, 0.15) is 10.1 Å². The minimum Gasteiger partial charge on any atom is -0.744 e. The Hall–Kier alpha value is 0.360. The Labute approximate surface area is 161 Å². The number of carboxylic acids is 1. The van der Waals surface area contributed by atoms with Crippen LogP contribution < -0.4 is 75.1 Å². The molecule has 0 spiro atoms. The van der Waals surface area contributed by atoms with Crippen LogP contribution in [0.1, 0.15) is 13.3 Å². The summed E-state index contributed by atoms with van der Waals surface area (Å²) < 4.78 is 32.8. The average Bonchev–Trinajstić information content (AvgIpc) is 2.24. The summed E-state index contributed by atoms with van der Waals surface area (Å²) in [4.78, 5) is 9.92. The Kier molecular flexibility index (Phi) is 11.5. The minimum absolute atomic E-state index is 0. The van der Waals surface area contributed by atoms with Crippen LogP contribution in [-0.2, 0) is 14.9 Å². The van der Waals surface area contributed by atoms with Crippen LogP contribution in [0.5, 0.6) is 0 Å². The molecule has 1 aromatic carbocycles. The number of benzene rings is 1. The second-order valence-corrected chi connectivity index (χ2v) is 5.04. The fourth-order valence-corrected chi connectivity index (χ4v) is 1.92. The summed E-state index contributed by atoms with van der Waals surface area (Å²) in [6, 6.07) is 5.03. The van der Waals surface area contributed by atoms with Gasteiger partial charge >= 0.3 is 59.1 Å². The number of rotatable bonds is 6. The van der Waals surface area contributed by atoms with E-state index in [0.717, 1.165) is 6.07 Å². The van der Waals surface area contributed by atoms with Gasteiger partial charge in [0, 0.05) is 18.4 Å². The third-order valence-electron chi connectivity index (χ3n) is 2.08. The largest absolute Gasteiger partial charge is 1.00 e. The smallest absolute Gasteiger partial charge is 0.744 e. The molecule has 0 saturated carbocycles. The zero-order valence-corrected chi connectivity index (χ0v) is 16.4. The first-order valence-corrected chi connectivity index (χ1v) is 6.48. The van der Waals surface area contributed by atoms with E-state index in [9.17, 15) is 22.9 Å². The molecule has 0 aliphatic carbocycles. The van der Waals surface area contributed by atoms with E-state index in [4.69, 9.17) is 0 Å². The Morgan fingerprint density at radius 1 is 1.30 bits per heavy atom. The summed E-state index contributed by atoms with van der Waals surface area (Å²) in [6.45, 7) is 1.57. The molecule has 10 heteroatoms. The molecule has 100 valence electrons. The molecule has 1 rings (SSSR count). The molecule has 0 saturated heterocycles. The fourth-order valence-electron chi connectivity index (χ4n) is 1.29. The maximum absolute atomic E-state index is 10.9. The number of carbonyl (C=O) groups excluding carboxylic acids is 1. The quantitative estimate of drug-likeness (QED) is 0.304. The molecule has 1 atom stereocenters. The van der Waals surface area contributed by atoms with Crippen molar-refractivity contribution < 1.29 is 82.0 Å². The van der Waals surface area contributed by atoms with Crippen molar-refractivity contribution in [3.05, 3.63) is 24.3 Å². The summed E-state index contributed by atoms with van der Waals surface area (Å²) in [5.74, 6) is -1.23. The van der Waals surface area contributed by atoms with E-state index in [2.05, 4.69) is 10.9 Å². The number of carbonyl (C=O) groups is 1. The van der Waals surface area contributed by atoms with E-state index in [1.807, 2.05) is 0 Å². The molecule has 20 heavy (non-hydrogen) atoms. The van der Waals surface area contributed by atoms with Crippen LogP contribution in [0.25, 0.3) is 0 Å². The van der Waals surface area contributed by atoms with Crippen LogP contribution >= 0.6 is 0 Å². The van der Waals surface area contributed by atoms with Gasteiger partial charge in [0.15, 0.2) is 0 Å². The molecule has 0 amide bonds. The van der Waals surface area contributed by atoms with Gasteiger partial charge in [0.2, 0.25) is 0 Å². The molecule has 7 nitrogen and oxygen atoms in total. The van der Waals surface area contributed by atoms with Crippen molar-refractivity contribution in [2.75, 3.05) is 5.43 Å². The van der Waals surface area contributed by atoms with Gasteiger partial charge in [-0.25, -0.2) is 13.8 Å². The van der Waals surface area contributed by atoms with E-state index < -0.39 is 27.0 Å². The number of aliphatic carboxylic acids is 1. The summed E-state index contributed by atoms with van der Waals surface area (Å²) in [5.41, 5.74) is 5.14. The van der Waals surface area contributed by atoms with Crippen LogP contribution in [0.3, 0.4) is 0 Å². The average molecular weight is 318 g/mol. The minimum atomic E-state index is -4.59. The van der Waals surface area contributed by atoms with Gasteiger partial charge in [-0.15, -0.1) is 0 Å². The molecule has 2 N–H and O–H groups in total.